The van der Waals surface area contributed by atoms with Gasteiger partial charge in [-0.15, -0.1) is 0 Å². The van der Waals surface area contributed by atoms with E-state index >= 15 is 0 Å². The Bertz CT molecular complexity index is 600. The first-order valence-electron chi connectivity index (χ1n) is 5.37. The Morgan fingerprint density at radius 3 is 2.63 bits per heavy atom. The third-order valence-electron chi connectivity index (χ3n) is 2.49. The van der Waals surface area contributed by atoms with Crippen LogP contribution in [0.25, 0.3) is 0 Å². The first-order valence-corrected chi connectivity index (χ1v) is 9.30. The molecule has 1 aromatic rings. The lowest BCUT2D eigenvalue weighted by molar-refractivity contribution is 0.0954. The first-order chi connectivity index (χ1) is 8.71. The second-order valence-corrected chi connectivity index (χ2v) is 8.35. The zero-order chi connectivity index (χ0) is 14.6. The van der Waals surface area contributed by atoms with E-state index in [1.54, 1.807) is 13.2 Å². The fourth-order valence-electron chi connectivity index (χ4n) is 1.24. The number of carbonyl (C=O) groups excluding carboxylic acids is 1. The molecule has 1 rings (SSSR count). The molecule has 0 fully saturated rings. The summed E-state index contributed by atoms with van der Waals surface area (Å²) in [6, 6.07) is 5.42. The smallest absolute Gasteiger partial charge is 0.261 e. The van der Waals surface area contributed by atoms with Crippen LogP contribution in [0.4, 0.5) is 0 Å². The highest BCUT2D eigenvalue weighted by molar-refractivity contribution is 8.13. The molecule has 8 heteroatoms. The molecule has 0 aliphatic carbocycles. The average Bonchev–Trinajstić information content (AvgIpc) is 2.34. The van der Waals surface area contributed by atoms with Crippen molar-refractivity contribution in [3.63, 3.8) is 0 Å². The van der Waals surface area contributed by atoms with E-state index in [4.69, 9.17) is 10.7 Å². The average molecular weight is 324 g/mol. The van der Waals surface area contributed by atoms with Crippen molar-refractivity contribution in [2.75, 3.05) is 12.8 Å². The molecule has 19 heavy (non-hydrogen) atoms. The second kappa shape index (κ2) is 6.49. The molecule has 0 aliphatic heterocycles. The van der Waals surface area contributed by atoms with E-state index in [0.717, 1.165) is 0 Å². The SMILES string of the molecule is CC(CNC(=O)c1cccc(S(=O)(=O)Cl)c1)S(C)=O. The summed E-state index contributed by atoms with van der Waals surface area (Å²) in [4.78, 5) is 11.7. The summed E-state index contributed by atoms with van der Waals surface area (Å²) >= 11 is 0. The van der Waals surface area contributed by atoms with E-state index in [1.807, 2.05) is 0 Å². The van der Waals surface area contributed by atoms with Gasteiger partial charge in [0.15, 0.2) is 0 Å². The molecule has 0 saturated carbocycles. The van der Waals surface area contributed by atoms with Crippen molar-refractivity contribution in [2.24, 2.45) is 0 Å². The van der Waals surface area contributed by atoms with Crippen LogP contribution in [-0.2, 0) is 19.9 Å². The second-order valence-electron chi connectivity index (χ2n) is 3.98. The molecule has 1 amide bonds. The van der Waals surface area contributed by atoms with Crippen LogP contribution >= 0.6 is 10.7 Å². The third-order valence-corrected chi connectivity index (χ3v) is 5.15. The van der Waals surface area contributed by atoms with Crippen LogP contribution in [0.3, 0.4) is 0 Å². The molecule has 0 heterocycles. The maximum atomic E-state index is 11.8. The lowest BCUT2D eigenvalue weighted by Gasteiger charge is -2.10. The zero-order valence-electron chi connectivity index (χ0n) is 10.4. The summed E-state index contributed by atoms with van der Waals surface area (Å²) in [6.07, 6.45) is 1.55. The van der Waals surface area contributed by atoms with Gasteiger partial charge in [-0.1, -0.05) is 6.07 Å². The van der Waals surface area contributed by atoms with Crippen LogP contribution in [0.1, 0.15) is 17.3 Å². The van der Waals surface area contributed by atoms with Gasteiger partial charge in [0.1, 0.15) is 0 Å². The van der Waals surface area contributed by atoms with Crippen molar-refractivity contribution in [3.8, 4) is 0 Å². The van der Waals surface area contributed by atoms with Gasteiger partial charge in [0.05, 0.1) is 4.90 Å². The summed E-state index contributed by atoms with van der Waals surface area (Å²) < 4.78 is 33.5. The number of hydrogen-bond donors (Lipinski definition) is 1. The standard InChI is InChI=1S/C11H14ClNO4S2/c1-8(18(2)15)7-13-11(14)9-4-3-5-10(6-9)19(12,16)17/h3-6,8H,7H2,1-2H3,(H,13,14). The number of halogens is 1. The predicted octanol–water partition coefficient (Wildman–Crippen LogP) is 1.11. The molecule has 2 atom stereocenters. The summed E-state index contributed by atoms with van der Waals surface area (Å²) in [5.41, 5.74) is 0.191. The van der Waals surface area contributed by atoms with E-state index in [2.05, 4.69) is 5.32 Å². The van der Waals surface area contributed by atoms with Crippen LogP contribution in [0, 0.1) is 0 Å². The Morgan fingerprint density at radius 1 is 1.47 bits per heavy atom. The highest BCUT2D eigenvalue weighted by Crippen LogP contribution is 2.16. The highest BCUT2D eigenvalue weighted by atomic mass is 35.7. The lowest BCUT2D eigenvalue weighted by Crippen LogP contribution is -2.32. The van der Waals surface area contributed by atoms with E-state index in [1.165, 1.54) is 24.3 Å². The fourth-order valence-corrected chi connectivity index (χ4v) is 2.36. The first kappa shape index (κ1) is 16.1. The van der Waals surface area contributed by atoms with Gasteiger partial charge in [0.2, 0.25) is 0 Å². The Labute approximate surface area is 119 Å². The molecule has 0 aromatic heterocycles. The quantitative estimate of drug-likeness (QED) is 0.823. The number of nitrogens with one attached hydrogen (secondary N) is 1. The molecule has 0 radical (unpaired) electrons. The van der Waals surface area contributed by atoms with Gasteiger partial charge in [-0.25, -0.2) is 8.42 Å². The van der Waals surface area contributed by atoms with Crippen molar-refractivity contribution in [2.45, 2.75) is 17.1 Å². The molecule has 106 valence electrons. The predicted molar refractivity (Wildman–Crippen MR) is 75.3 cm³/mol. The van der Waals surface area contributed by atoms with Gasteiger partial charge >= 0.3 is 0 Å². The maximum Gasteiger partial charge on any atom is 0.261 e. The van der Waals surface area contributed by atoms with Crippen molar-refractivity contribution in [3.05, 3.63) is 29.8 Å². The number of hydrogen-bond acceptors (Lipinski definition) is 4. The minimum absolute atomic E-state index is 0.131. The molecule has 0 bridgehead atoms. The minimum atomic E-state index is -3.86. The molecule has 2 unspecified atom stereocenters. The molecule has 1 aromatic carbocycles. The topological polar surface area (TPSA) is 80.3 Å². The van der Waals surface area contributed by atoms with Crippen LogP contribution in [0.5, 0.6) is 0 Å². The zero-order valence-corrected chi connectivity index (χ0v) is 12.8. The Balaban J connectivity index is 2.81. The normalized spacial score (nSPS) is 14.7. The van der Waals surface area contributed by atoms with Crippen molar-refractivity contribution in [1.82, 2.24) is 5.32 Å². The van der Waals surface area contributed by atoms with E-state index < -0.39 is 25.8 Å². The summed E-state index contributed by atoms with van der Waals surface area (Å²) in [7, 11) is 0.311. The molecule has 1 N–H and O–H groups in total. The molecule has 0 saturated heterocycles. The number of benzene rings is 1. The lowest BCUT2D eigenvalue weighted by atomic mass is 10.2. The fraction of sp³-hybridized carbons (Fsp3) is 0.364. The van der Waals surface area contributed by atoms with E-state index in [9.17, 15) is 17.4 Å². The van der Waals surface area contributed by atoms with E-state index in [-0.39, 0.29) is 22.3 Å². The molecule has 5 nitrogen and oxygen atoms in total. The third kappa shape index (κ3) is 4.93. The van der Waals surface area contributed by atoms with Crippen LogP contribution in [0.2, 0.25) is 0 Å². The maximum absolute atomic E-state index is 11.8. The van der Waals surface area contributed by atoms with Gasteiger partial charge in [-0.3, -0.25) is 9.00 Å². The number of carbonyl (C=O) groups is 1. The Kier molecular flexibility index (Phi) is 5.51. The summed E-state index contributed by atoms with van der Waals surface area (Å²) in [5.74, 6) is -0.431. The Morgan fingerprint density at radius 2 is 2.11 bits per heavy atom. The number of rotatable bonds is 5. The molecular formula is C11H14ClNO4S2. The number of amides is 1. The molecule has 0 aliphatic rings. The van der Waals surface area contributed by atoms with Gasteiger partial charge in [-0.2, -0.15) is 0 Å². The van der Waals surface area contributed by atoms with Gasteiger partial charge in [-0.05, 0) is 25.1 Å². The van der Waals surface area contributed by atoms with E-state index in [0.29, 0.717) is 0 Å². The van der Waals surface area contributed by atoms with Crippen molar-refractivity contribution >= 4 is 36.4 Å². The minimum Gasteiger partial charge on any atom is -0.351 e. The van der Waals surface area contributed by atoms with Crippen LogP contribution < -0.4 is 5.32 Å². The van der Waals surface area contributed by atoms with Crippen molar-refractivity contribution < 1.29 is 17.4 Å². The molecule has 0 spiro atoms. The monoisotopic (exact) mass is 323 g/mol. The molecular weight excluding hydrogens is 310 g/mol. The van der Waals surface area contributed by atoms with Gasteiger partial charge < -0.3 is 5.32 Å². The van der Waals surface area contributed by atoms with Gasteiger partial charge in [0.25, 0.3) is 15.0 Å². The summed E-state index contributed by atoms with van der Waals surface area (Å²) in [5, 5.41) is 2.41. The summed E-state index contributed by atoms with van der Waals surface area (Å²) in [6.45, 7) is 2.00. The van der Waals surface area contributed by atoms with Gasteiger partial charge in [0, 0.05) is 45.1 Å². The highest BCUT2D eigenvalue weighted by Gasteiger charge is 2.14. The van der Waals surface area contributed by atoms with Crippen LogP contribution in [-0.4, -0.2) is 36.6 Å². The van der Waals surface area contributed by atoms with Crippen molar-refractivity contribution in [1.29, 1.82) is 0 Å². The Hall–Kier alpha value is -0.920. The largest absolute Gasteiger partial charge is 0.351 e. The van der Waals surface area contributed by atoms with Crippen LogP contribution in [0.15, 0.2) is 29.2 Å².